The van der Waals surface area contributed by atoms with Crippen LogP contribution in [0.5, 0.6) is 5.75 Å². The van der Waals surface area contributed by atoms with Crippen LogP contribution in [0.25, 0.3) is 0 Å². The number of rotatable bonds is 12. The maximum Gasteiger partial charge on any atom is 0.118 e. The molecule has 0 fully saturated rings. The second-order valence-corrected chi connectivity index (χ2v) is 6.13. The lowest BCUT2D eigenvalue weighted by molar-refractivity contribution is 0.470. The standard InChI is InChI=1S/C22H32O/c1-3-4-5-6-7-8-9-10-11-12-13-14-15-16-21-18-17-20(2)22(23)19-21/h3,5-6,8-9,17-19,23H,1,4,7,10-16H2,2H3/b6-5-,9-8-. The Morgan fingerprint density at radius 1 is 0.913 bits per heavy atom. The van der Waals surface area contributed by atoms with Crippen molar-refractivity contribution in [1.29, 1.82) is 0 Å². The van der Waals surface area contributed by atoms with Crippen molar-refractivity contribution in [2.24, 2.45) is 0 Å². The molecule has 1 aromatic rings. The van der Waals surface area contributed by atoms with E-state index in [0.717, 1.165) is 24.8 Å². The zero-order chi connectivity index (χ0) is 16.8. The highest BCUT2D eigenvalue weighted by Gasteiger charge is 1.98. The fraction of sp³-hybridized carbons (Fsp3) is 0.455. The molecule has 1 aromatic carbocycles. The lowest BCUT2D eigenvalue weighted by Gasteiger charge is -2.04. The lowest BCUT2D eigenvalue weighted by Crippen LogP contribution is -1.87. The van der Waals surface area contributed by atoms with E-state index in [0.29, 0.717) is 5.75 Å². The average Bonchev–Trinajstić information content (AvgIpc) is 2.55. The molecule has 1 rings (SSSR count). The molecule has 0 spiro atoms. The highest BCUT2D eigenvalue weighted by molar-refractivity contribution is 5.35. The van der Waals surface area contributed by atoms with Gasteiger partial charge in [0, 0.05) is 0 Å². The lowest BCUT2D eigenvalue weighted by atomic mass is 10.0. The number of benzene rings is 1. The van der Waals surface area contributed by atoms with Gasteiger partial charge in [-0.25, -0.2) is 0 Å². The number of phenolic OH excluding ortho intramolecular Hbond substituents is 1. The zero-order valence-corrected chi connectivity index (χ0v) is 14.6. The third-order valence-electron chi connectivity index (χ3n) is 4.02. The van der Waals surface area contributed by atoms with Crippen LogP contribution in [0.1, 0.15) is 62.5 Å². The Hall–Kier alpha value is -1.76. The van der Waals surface area contributed by atoms with Crippen LogP contribution in [0.4, 0.5) is 0 Å². The molecule has 0 heterocycles. The van der Waals surface area contributed by atoms with Gasteiger partial charge >= 0.3 is 0 Å². The number of hydrogen-bond donors (Lipinski definition) is 1. The molecular formula is C22H32O. The first kappa shape index (κ1) is 19.3. The van der Waals surface area contributed by atoms with E-state index >= 15 is 0 Å². The summed E-state index contributed by atoms with van der Waals surface area (Å²) in [4.78, 5) is 0. The van der Waals surface area contributed by atoms with Crippen LogP contribution < -0.4 is 0 Å². The zero-order valence-electron chi connectivity index (χ0n) is 14.6. The van der Waals surface area contributed by atoms with E-state index in [4.69, 9.17) is 0 Å². The second kappa shape index (κ2) is 12.8. The summed E-state index contributed by atoms with van der Waals surface area (Å²) in [5.41, 5.74) is 2.21. The predicted octanol–water partition coefficient (Wildman–Crippen LogP) is 6.66. The molecular weight excluding hydrogens is 280 g/mol. The van der Waals surface area contributed by atoms with E-state index in [9.17, 15) is 5.11 Å². The van der Waals surface area contributed by atoms with Crippen LogP contribution in [0.3, 0.4) is 0 Å². The van der Waals surface area contributed by atoms with Crippen LogP contribution >= 0.6 is 0 Å². The van der Waals surface area contributed by atoms with Crippen LogP contribution in [-0.4, -0.2) is 5.11 Å². The summed E-state index contributed by atoms with van der Waals surface area (Å²) >= 11 is 0. The number of aryl methyl sites for hydroxylation is 2. The third-order valence-corrected chi connectivity index (χ3v) is 4.02. The van der Waals surface area contributed by atoms with Gasteiger partial charge in [0.15, 0.2) is 0 Å². The normalized spacial score (nSPS) is 11.5. The van der Waals surface area contributed by atoms with Gasteiger partial charge in [-0.3, -0.25) is 0 Å². The van der Waals surface area contributed by atoms with E-state index in [1.165, 1.54) is 44.1 Å². The first-order valence-electron chi connectivity index (χ1n) is 8.93. The summed E-state index contributed by atoms with van der Waals surface area (Å²) in [7, 11) is 0. The van der Waals surface area contributed by atoms with Crippen LogP contribution in [-0.2, 0) is 6.42 Å². The quantitative estimate of drug-likeness (QED) is 0.338. The largest absolute Gasteiger partial charge is 0.508 e. The van der Waals surface area contributed by atoms with Crippen molar-refractivity contribution in [1.82, 2.24) is 0 Å². The summed E-state index contributed by atoms with van der Waals surface area (Å²) in [6.45, 7) is 5.63. The molecule has 126 valence electrons. The highest BCUT2D eigenvalue weighted by atomic mass is 16.3. The maximum atomic E-state index is 9.69. The minimum atomic E-state index is 0.425. The second-order valence-electron chi connectivity index (χ2n) is 6.13. The molecule has 0 saturated carbocycles. The van der Waals surface area contributed by atoms with Gasteiger partial charge in [0.25, 0.3) is 0 Å². The van der Waals surface area contributed by atoms with Gasteiger partial charge in [0.1, 0.15) is 5.75 Å². The Bertz CT molecular complexity index is 497. The Kier molecular flexibility index (Phi) is 10.7. The van der Waals surface area contributed by atoms with E-state index < -0.39 is 0 Å². The molecule has 0 amide bonds. The molecule has 0 bridgehead atoms. The minimum absolute atomic E-state index is 0.425. The Labute approximate surface area is 142 Å². The van der Waals surface area contributed by atoms with E-state index in [1.54, 1.807) is 0 Å². The van der Waals surface area contributed by atoms with E-state index in [1.807, 2.05) is 25.1 Å². The SMILES string of the molecule is C=CC/C=C\C/C=C\CCCCCCCc1ccc(C)c(O)c1. The van der Waals surface area contributed by atoms with Crippen LogP contribution in [0.15, 0.2) is 55.2 Å². The van der Waals surface area contributed by atoms with Gasteiger partial charge in [-0.05, 0) is 62.6 Å². The molecule has 1 heteroatoms. The molecule has 0 aliphatic heterocycles. The van der Waals surface area contributed by atoms with Crippen molar-refractivity contribution in [2.45, 2.75) is 64.7 Å². The number of hydrogen-bond acceptors (Lipinski definition) is 1. The Morgan fingerprint density at radius 2 is 1.61 bits per heavy atom. The number of allylic oxidation sites excluding steroid dienone is 5. The van der Waals surface area contributed by atoms with Crippen molar-refractivity contribution in [3.05, 3.63) is 66.3 Å². The molecule has 1 nitrogen and oxygen atoms in total. The van der Waals surface area contributed by atoms with Gasteiger partial charge in [-0.15, -0.1) is 6.58 Å². The number of phenols is 1. The first-order valence-corrected chi connectivity index (χ1v) is 8.93. The van der Waals surface area contributed by atoms with E-state index in [-0.39, 0.29) is 0 Å². The molecule has 0 atom stereocenters. The third kappa shape index (κ3) is 9.78. The summed E-state index contributed by atoms with van der Waals surface area (Å²) in [5.74, 6) is 0.425. The molecule has 0 saturated heterocycles. The molecule has 0 radical (unpaired) electrons. The number of aromatic hydroxyl groups is 1. The summed E-state index contributed by atoms with van der Waals surface area (Å²) in [5, 5.41) is 9.69. The Balaban J connectivity index is 1.96. The smallest absolute Gasteiger partial charge is 0.118 e. The minimum Gasteiger partial charge on any atom is -0.508 e. The maximum absolute atomic E-state index is 9.69. The fourth-order valence-corrected chi connectivity index (χ4v) is 2.51. The molecule has 23 heavy (non-hydrogen) atoms. The first-order chi connectivity index (χ1) is 11.2. The summed E-state index contributed by atoms with van der Waals surface area (Å²) in [6, 6.07) is 6.04. The molecule has 0 aromatic heterocycles. The van der Waals surface area contributed by atoms with Gasteiger partial charge in [-0.1, -0.05) is 61.8 Å². The average molecular weight is 312 g/mol. The molecule has 0 aliphatic rings. The Morgan fingerprint density at radius 3 is 2.39 bits per heavy atom. The molecule has 0 unspecified atom stereocenters. The van der Waals surface area contributed by atoms with Crippen molar-refractivity contribution in [3.63, 3.8) is 0 Å². The highest BCUT2D eigenvalue weighted by Crippen LogP contribution is 2.19. The van der Waals surface area contributed by atoms with Crippen LogP contribution in [0, 0.1) is 6.92 Å². The number of unbranched alkanes of at least 4 members (excludes halogenated alkanes) is 5. The fourth-order valence-electron chi connectivity index (χ4n) is 2.51. The van der Waals surface area contributed by atoms with Crippen LogP contribution in [0.2, 0.25) is 0 Å². The topological polar surface area (TPSA) is 20.2 Å². The van der Waals surface area contributed by atoms with Gasteiger partial charge < -0.3 is 5.11 Å². The van der Waals surface area contributed by atoms with Gasteiger partial charge in [-0.2, -0.15) is 0 Å². The molecule has 0 aliphatic carbocycles. The van der Waals surface area contributed by atoms with Crippen molar-refractivity contribution in [2.75, 3.05) is 0 Å². The summed E-state index contributed by atoms with van der Waals surface area (Å²) in [6.07, 6.45) is 21.5. The van der Waals surface area contributed by atoms with Crippen molar-refractivity contribution >= 4 is 0 Å². The van der Waals surface area contributed by atoms with Gasteiger partial charge in [0.05, 0.1) is 0 Å². The summed E-state index contributed by atoms with van der Waals surface area (Å²) < 4.78 is 0. The monoisotopic (exact) mass is 312 g/mol. The predicted molar refractivity (Wildman–Crippen MR) is 102 cm³/mol. The van der Waals surface area contributed by atoms with Crippen molar-refractivity contribution in [3.8, 4) is 5.75 Å². The van der Waals surface area contributed by atoms with Crippen molar-refractivity contribution < 1.29 is 5.11 Å². The molecule has 1 N–H and O–H groups in total. The van der Waals surface area contributed by atoms with E-state index in [2.05, 4.69) is 36.9 Å². The van der Waals surface area contributed by atoms with Gasteiger partial charge in [0.2, 0.25) is 0 Å².